The van der Waals surface area contributed by atoms with E-state index in [2.05, 4.69) is 9.62 Å². The summed E-state index contributed by atoms with van der Waals surface area (Å²) in [5, 5.41) is 0.710. The van der Waals surface area contributed by atoms with Crippen molar-refractivity contribution in [2.75, 3.05) is 14.5 Å². The van der Waals surface area contributed by atoms with Crippen LogP contribution < -0.4 is 14.5 Å². The standard InChI is InChI=1S/C35H29Cl2N3O3S/c1-23-11-15-26(16-12-23)38-44(42,43)28-19-20-32-30(21-28)35(41)40(27-17-13-24(2)14-18-27)34(29-9-6-10-31(36)33(29)37)39(32)22-25-7-4-3-5-8-25/h3-21,34,38H,22H2,1-2H3/t34-/m1/s1. The van der Waals surface area contributed by atoms with Crippen LogP contribution in [0.25, 0.3) is 0 Å². The topological polar surface area (TPSA) is 69.7 Å². The molecule has 9 heteroatoms. The molecule has 1 heterocycles. The molecule has 0 saturated heterocycles. The van der Waals surface area contributed by atoms with E-state index in [-0.39, 0.29) is 16.4 Å². The first-order chi connectivity index (χ1) is 21.1. The average Bonchev–Trinajstić information content (AvgIpc) is 3.02. The van der Waals surface area contributed by atoms with Crippen LogP contribution in [0.1, 0.15) is 38.8 Å². The van der Waals surface area contributed by atoms with E-state index in [4.69, 9.17) is 23.2 Å². The number of rotatable bonds is 7. The van der Waals surface area contributed by atoms with Crippen molar-refractivity contribution in [2.45, 2.75) is 31.5 Å². The summed E-state index contributed by atoms with van der Waals surface area (Å²) in [6.45, 7) is 4.31. The van der Waals surface area contributed by atoms with E-state index in [1.54, 1.807) is 29.2 Å². The minimum Gasteiger partial charge on any atom is -0.342 e. The van der Waals surface area contributed by atoms with Crippen LogP contribution in [0.3, 0.4) is 0 Å². The van der Waals surface area contributed by atoms with E-state index in [1.165, 1.54) is 12.1 Å². The molecule has 0 aliphatic carbocycles. The molecule has 1 atom stereocenters. The zero-order valence-corrected chi connectivity index (χ0v) is 26.4. The number of carbonyl (C=O) groups excluding carboxylic acids is 1. The summed E-state index contributed by atoms with van der Waals surface area (Å²) in [5.74, 6) is -0.360. The molecule has 0 fully saturated rings. The second kappa shape index (κ2) is 12.0. The molecule has 1 amide bonds. The molecule has 0 spiro atoms. The lowest BCUT2D eigenvalue weighted by Gasteiger charge is -2.46. The van der Waals surface area contributed by atoms with Crippen LogP contribution in [-0.2, 0) is 16.6 Å². The first-order valence-electron chi connectivity index (χ1n) is 14.0. The number of fused-ring (bicyclic) bond motifs is 1. The van der Waals surface area contributed by atoms with Crippen molar-refractivity contribution in [1.29, 1.82) is 0 Å². The lowest BCUT2D eigenvalue weighted by Crippen LogP contribution is -2.49. The maximum Gasteiger partial charge on any atom is 0.262 e. The number of carbonyl (C=O) groups is 1. The summed E-state index contributed by atoms with van der Waals surface area (Å²) in [7, 11) is -4.00. The molecule has 0 bridgehead atoms. The Morgan fingerprint density at radius 3 is 2.11 bits per heavy atom. The maximum atomic E-state index is 14.6. The molecule has 1 N–H and O–H groups in total. The fourth-order valence-corrected chi connectivity index (χ4v) is 6.88. The SMILES string of the molecule is Cc1ccc(NS(=O)(=O)c2ccc3c(c2)C(=O)N(c2ccc(C)cc2)[C@H](c2cccc(Cl)c2Cl)N3Cc2ccccc2)cc1. The third-order valence-electron chi connectivity index (χ3n) is 7.65. The number of nitrogens with one attached hydrogen (secondary N) is 1. The summed E-state index contributed by atoms with van der Waals surface area (Å²) in [6, 6.07) is 34.6. The van der Waals surface area contributed by atoms with Gasteiger partial charge in [0, 0.05) is 23.5 Å². The number of benzene rings is 5. The van der Waals surface area contributed by atoms with Crippen LogP contribution in [0.2, 0.25) is 10.0 Å². The Labute approximate surface area is 267 Å². The predicted octanol–water partition coefficient (Wildman–Crippen LogP) is 8.78. The van der Waals surface area contributed by atoms with Crippen molar-refractivity contribution < 1.29 is 13.2 Å². The van der Waals surface area contributed by atoms with E-state index < -0.39 is 16.2 Å². The van der Waals surface area contributed by atoms with Gasteiger partial charge < -0.3 is 4.90 Å². The van der Waals surface area contributed by atoms with Crippen LogP contribution in [0.4, 0.5) is 17.1 Å². The molecule has 222 valence electrons. The molecule has 0 radical (unpaired) electrons. The number of amides is 1. The summed E-state index contributed by atoms with van der Waals surface area (Å²) in [5.41, 5.74) is 5.59. The van der Waals surface area contributed by atoms with Crippen molar-refractivity contribution >= 4 is 56.2 Å². The number of nitrogens with zero attached hydrogens (tertiary/aromatic N) is 2. The minimum absolute atomic E-state index is 0.0204. The Bertz CT molecular complexity index is 1950. The summed E-state index contributed by atoms with van der Waals surface area (Å²) in [6.07, 6.45) is -0.683. The monoisotopic (exact) mass is 641 g/mol. The lowest BCUT2D eigenvalue weighted by molar-refractivity contribution is 0.0968. The number of hydrogen-bond acceptors (Lipinski definition) is 4. The summed E-state index contributed by atoms with van der Waals surface area (Å²) >= 11 is 13.3. The largest absolute Gasteiger partial charge is 0.342 e. The molecule has 0 unspecified atom stereocenters. The van der Waals surface area contributed by atoms with Crippen molar-refractivity contribution in [1.82, 2.24) is 0 Å². The molecule has 0 aromatic heterocycles. The molecule has 6 nitrogen and oxygen atoms in total. The first-order valence-corrected chi connectivity index (χ1v) is 16.2. The van der Waals surface area contributed by atoms with Gasteiger partial charge >= 0.3 is 0 Å². The maximum absolute atomic E-state index is 14.6. The van der Waals surface area contributed by atoms with Crippen LogP contribution in [0, 0.1) is 13.8 Å². The van der Waals surface area contributed by atoms with Gasteiger partial charge in [0.05, 0.1) is 26.2 Å². The molecular weight excluding hydrogens is 613 g/mol. The number of hydrogen-bond donors (Lipinski definition) is 1. The molecule has 6 rings (SSSR count). The third-order valence-corrected chi connectivity index (χ3v) is 9.86. The van der Waals surface area contributed by atoms with Gasteiger partial charge in [0.1, 0.15) is 6.17 Å². The first kappa shape index (κ1) is 29.8. The summed E-state index contributed by atoms with van der Waals surface area (Å²) < 4.78 is 29.7. The average molecular weight is 643 g/mol. The zero-order chi connectivity index (χ0) is 31.0. The van der Waals surface area contributed by atoms with Gasteiger partial charge in [-0.3, -0.25) is 14.4 Å². The van der Waals surface area contributed by atoms with Crippen LogP contribution in [0.15, 0.2) is 120 Å². The molecule has 1 aliphatic rings. The molecule has 1 aliphatic heterocycles. The van der Waals surface area contributed by atoms with Crippen LogP contribution >= 0.6 is 23.2 Å². The van der Waals surface area contributed by atoms with Gasteiger partial charge in [0.15, 0.2) is 0 Å². The molecule has 5 aromatic carbocycles. The van der Waals surface area contributed by atoms with Crippen LogP contribution in [-0.4, -0.2) is 14.3 Å². The molecular formula is C35H29Cl2N3O3S. The number of anilines is 3. The Morgan fingerprint density at radius 1 is 0.773 bits per heavy atom. The van der Waals surface area contributed by atoms with E-state index in [1.807, 2.05) is 92.7 Å². The second-order valence-electron chi connectivity index (χ2n) is 10.8. The molecule has 0 saturated carbocycles. The predicted molar refractivity (Wildman–Crippen MR) is 178 cm³/mol. The molecule has 5 aromatic rings. The number of sulfonamides is 1. The Balaban J connectivity index is 1.54. The Morgan fingerprint density at radius 2 is 1.43 bits per heavy atom. The van der Waals surface area contributed by atoms with E-state index >= 15 is 0 Å². The van der Waals surface area contributed by atoms with E-state index in [0.29, 0.717) is 39.2 Å². The highest BCUT2D eigenvalue weighted by atomic mass is 35.5. The van der Waals surface area contributed by atoms with Gasteiger partial charge in [-0.2, -0.15) is 0 Å². The van der Waals surface area contributed by atoms with Gasteiger partial charge in [-0.25, -0.2) is 8.42 Å². The van der Waals surface area contributed by atoms with Crippen LogP contribution in [0.5, 0.6) is 0 Å². The van der Waals surface area contributed by atoms with Gasteiger partial charge in [-0.1, -0.05) is 101 Å². The number of aryl methyl sites for hydroxylation is 2. The molecule has 44 heavy (non-hydrogen) atoms. The van der Waals surface area contributed by atoms with Gasteiger partial charge in [0.2, 0.25) is 0 Å². The highest BCUT2D eigenvalue weighted by molar-refractivity contribution is 7.92. The smallest absolute Gasteiger partial charge is 0.262 e. The highest BCUT2D eigenvalue weighted by Crippen LogP contribution is 2.45. The van der Waals surface area contributed by atoms with Crippen molar-refractivity contribution in [3.8, 4) is 0 Å². The second-order valence-corrected chi connectivity index (χ2v) is 13.3. The normalized spacial score (nSPS) is 14.8. The van der Waals surface area contributed by atoms with Gasteiger partial charge in [0.25, 0.3) is 15.9 Å². The number of halogens is 2. The van der Waals surface area contributed by atoms with Crippen molar-refractivity contribution in [3.63, 3.8) is 0 Å². The van der Waals surface area contributed by atoms with E-state index in [0.717, 1.165) is 16.7 Å². The Hall–Kier alpha value is -4.30. The fourth-order valence-electron chi connectivity index (χ4n) is 5.39. The quantitative estimate of drug-likeness (QED) is 0.193. The third kappa shape index (κ3) is 5.78. The zero-order valence-electron chi connectivity index (χ0n) is 24.0. The highest BCUT2D eigenvalue weighted by Gasteiger charge is 2.41. The van der Waals surface area contributed by atoms with E-state index in [9.17, 15) is 13.2 Å². The van der Waals surface area contributed by atoms with Crippen molar-refractivity contribution in [3.05, 3.63) is 153 Å². The summed E-state index contributed by atoms with van der Waals surface area (Å²) in [4.78, 5) is 18.3. The van der Waals surface area contributed by atoms with Gasteiger partial charge in [-0.05, 0) is 67.9 Å². The van der Waals surface area contributed by atoms with Crippen molar-refractivity contribution in [2.24, 2.45) is 0 Å². The fraction of sp³-hybridized carbons (Fsp3) is 0.114. The van der Waals surface area contributed by atoms with Gasteiger partial charge in [-0.15, -0.1) is 0 Å². The Kier molecular flexibility index (Phi) is 8.12. The lowest BCUT2D eigenvalue weighted by atomic mass is 9.98. The minimum atomic E-state index is -4.00.